The molecule has 0 amide bonds. The van der Waals surface area contributed by atoms with Gasteiger partial charge in [0.1, 0.15) is 11.9 Å². The number of hydrogen-bond donors (Lipinski definition) is 2. The maximum Gasteiger partial charge on any atom is 0.205 e. The number of carbonyl (C=O) groups excluding carboxylic acids is 1. The van der Waals surface area contributed by atoms with Crippen molar-refractivity contribution in [2.24, 2.45) is 0 Å². The molecular weight excluding hydrogens is 484 g/mol. The van der Waals surface area contributed by atoms with Gasteiger partial charge >= 0.3 is 0 Å². The Morgan fingerprint density at radius 2 is 1.82 bits per heavy atom. The summed E-state index contributed by atoms with van der Waals surface area (Å²) in [6.45, 7) is 2.19. The van der Waals surface area contributed by atoms with Gasteiger partial charge in [0, 0.05) is 22.8 Å². The second kappa shape index (κ2) is 8.54. The summed E-state index contributed by atoms with van der Waals surface area (Å²) in [5, 5.41) is 34.1. The van der Waals surface area contributed by atoms with E-state index in [2.05, 4.69) is 6.07 Å². The van der Waals surface area contributed by atoms with Crippen LogP contribution in [0.25, 0.3) is 16.5 Å². The third kappa shape index (κ3) is 3.29. The molecule has 2 atom stereocenters. The van der Waals surface area contributed by atoms with Gasteiger partial charge in [-0.15, -0.1) is 0 Å². The number of nitriles is 1. The van der Waals surface area contributed by atoms with Gasteiger partial charge in [-0.25, -0.2) is 0 Å². The Labute approximate surface area is 219 Å². The van der Waals surface area contributed by atoms with Gasteiger partial charge in [0.2, 0.25) is 11.8 Å². The van der Waals surface area contributed by atoms with E-state index in [1.165, 1.54) is 11.7 Å². The van der Waals surface area contributed by atoms with Crippen molar-refractivity contribution in [3.8, 4) is 35.0 Å². The number of hydrogen-bond acceptors (Lipinski definition) is 7. The standard InChI is InChI=1S/C30H26N2O6/c1-29-11-12-30(38-29,13-14-37-23-10-7-18(17-33)15-24(23)36-2)26-25(29)27(34)32(28(26)35)22-9-8-19(16-31)20-5-3-4-6-21(20)22/h3-10,15,17,34-35H,11-14H2,1-2H3/t29-,30-/m0/s1. The SMILES string of the molecule is COc1cc(C=O)ccc1OCC[C@]12CC[C@](C)(O1)c1c2c(O)n(-c2ccc(C#N)c3ccccc23)c1O. The van der Waals surface area contributed by atoms with E-state index in [9.17, 15) is 20.3 Å². The van der Waals surface area contributed by atoms with Crippen LogP contribution < -0.4 is 9.47 Å². The number of nitrogens with zero attached hydrogens (tertiary/aromatic N) is 2. The van der Waals surface area contributed by atoms with Gasteiger partial charge < -0.3 is 24.4 Å². The number of aldehydes is 1. The Kier molecular flexibility index (Phi) is 5.37. The first-order chi connectivity index (χ1) is 18.4. The molecule has 192 valence electrons. The highest BCUT2D eigenvalue weighted by Gasteiger charge is 2.61. The van der Waals surface area contributed by atoms with Crippen molar-refractivity contribution in [2.75, 3.05) is 13.7 Å². The minimum Gasteiger partial charge on any atom is -0.494 e. The van der Waals surface area contributed by atoms with Crippen LogP contribution in [0, 0.1) is 11.3 Å². The molecule has 38 heavy (non-hydrogen) atoms. The molecule has 3 heterocycles. The van der Waals surface area contributed by atoms with Crippen molar-refractivity contribution in [1.82, 2.24) is 4.57 Å². The number of rotatable bonds is 7. The van der Waals surface area contributed by atoms with Gasteiger partial charge in [-0.3, -0.25) is 9.36 Å². The maximum absolute atomic E-state index is 11.6. The molecule has 0 radical (unpaired) electrons. The summed E-state index contributed by atoms with van der Waals surface area (Å²) in [5.74, 6) is 0.810. The zero-order valence-corrected chi connectivity index (χ0v) is 21.0. The highest BCUT2D eigenvalue weighted by atomic mass is 16.5. The average molecular weight is 511 g/mol. The lowest BCUT2D eigenvalue weighted by atomic mass is 9.78. The number of methoxy groups -OCH3 is 1. The molecular formula is C30H26N2O6. The highest BCUT2D eigenvalue weighted by molar-refractivity contribution is 5.95. The van der Waals surface area contributed by atoms with E-state index in [-0.39, 0.29) is 18.4 Å². The van der Waals surface area contributed by atoms with Crippen molar-refractivity contribution < 1.29 is 29.2 Å². The fourth-order valence-corrected chi connectivity index (χ4v) is 6.11. The smallest absolute Gasteiger partial charge is 0.205 e. The van der Waals surface area contributed by atoms with Gasteiger partial charge in [-0.2, -0.15) is 5.26 Å². The van der Waals surface area contributed by atoms with E-state index in [4.69, 9.17) is 14.2 Å². The van der Waals surface area contributed by atoms with Gasteiger partial charge in [-0.1, -0.05) is 24.3 Å². The Balaban J connectivity index is 1.39. The van der Waals surface area contributed by atoms with Crippen LogP contribution in [0.2, 0.25) is 0 Å². The quantitative estimate of drug-likeness (QED) is 0.318. The number of fused-ring (bicyclic) bond motifs is 6. The van der Waals surface area contributed by atoms with E-state index in [1.54, 1.807) is 30.3 Å². The number of ether oxygens (including phenoxy) is 3. The first kappa shape index (κ1) is 23.9. The largest absolute Gasteiger partial charge is 0.494 e. The van der Waals surface area contributed by atoms with Gasteiger partial charge in [0.25, 0.3) is 0 Å². The van der Waals surface area contributed by atoms with Gasteiger partial charge in [0.05, 0.1) is 47.8 Å². The first-order valence-electron chi connectivity index (χ1n) is 12.4. The predicted octanol–water partition coefficient (Wildman–Crippen LogP) is 5.44. The van der Waals surface area contributed by atoms with Crippen molar-refractivity contribution in [3.05, 3.63) is 76.9 Å². The molecule has 8 nitrogen and oxygen atoms in total. The molecule has 2 bridgehead atoms. The molecule has 0 spiro atoms. The lowest BCUT2D eigenvalue weighted by Crippen LogP contribution is -2.25. The van der Waals surface area contributed by atoms with E-state index in [0.29, 0.717) is 58.7 Å². The number of benzene rings is 3. The van der Waals surface area contributed by atoms with Gasteiger partial charge in [0.15, 0.2) is 11.5 Å². The molecule has 8 heteroatoms. The second-order valence-electron chi connectivity index (χ2n) is 9.98. The molecule has 0 saturated carbocycles. The lowest BCUT2D eigenvalue weighted by molar-refractivity contribution is -0.0876. The lowest BCUT2D eigenvalue weighted by Gasteiger charge is -2.26. The molecule has 6 rings (SSSR count). The molecule has 2 aliphatic heterocycles. The van der Waals surface area contributed by atoms with Crippen LogP contribution in [0.15, 0.2) is 54.6 Å². The Morgan fingerprint density at radius 3 is 2.55 bits per heavy atom. The fourth-order valence-electron chi connectivity index (χ4n) is 6.11. The average Bonchev–Trinajstić information content (AvgIpc) is 3.52. The van der Waals surface area contributed by atoms with E-state index >= 15 is 0 Å². The summed E-state index contributed by atoms with van der Waals surface area (Å²) in [4.78, 5) is 11.1. The zero-order valence-electron chi connectivity index (χ0n) is 21.0. The molecule has 2 aliphatic rings. The molecule has 3 aromatic carbocycles. The monoisotopic (exact) mass is 510 g/mol. The summed E-state index contributed by atoms with van der Waals surface area (Å²) in [7, 11) is 1.51. The minimum atomic E-state index is -0.838. The molecule has 0 unspecified atom stereocenters. The number of carbonyl (C=O) groups is 1. The third-order valence-corrected chi connectivity index (χ3v) is 7.88. The van der Waals surface area contributed by atoms with Crippen LogP contribution in [-0.4, -0.2) is 34.8 Å². The first-order valence-corrected chi connectivity index (χ1v) is 12.4. The molecule has 0 aliphatic carbocycles. The molecule has 2 N–H and O–H groups in total. The van der Waals surface area contributed by atoms with Crippen LogP contribution in [-0.2, 0) is 15.9 Å². The Bertz CT molecular complexity index is 1650. The minimum absolute atomic E-state index is 0.0662. The van der Waals surface area contributed by atoms with Crippen LogP contribution in [0.1, 0.15) is 53.2 Å². The van der Waals surface area contributed by atoms with E-state index in [0.717, 1.165) is 17.1 Å². The third-order valence-electron chi connectivity index (χ3n) is 7.88. The molecule has 1 saturated heterocycles. The topological polar surface area (TPSA) is 114 Å². The van der Waals surface area contributed by atoms with Crippen LogP contribution in [0.3, 0.4) is 0 Å². The van der Waals surface area contributed by atoms with E-state index in [1.807, 2.05) is 31.2 Å². The normalized spacial score (nSPS) is 21.3. The molecule has 1 fully saturated rings. The summed E-state index contributed by atoms with van der Waals surface area (Å²) < 4.78 is 19.4. The summed E-state index contributed by atoms with van der Waals surface area (Å²) >= 11 is 0. The van der Waals surface area contributed by atoms with Crippen LogP contribution >= 0.6 is 0 Å². The summed E-state index contributed by atoms with van der Waals surface area (Å²) in [5.41, 5.74) is 1.15. The molecule has 1 aromatic heterocycles. The van der Waals surface area contributed by atoms with E-state index < -0.39 is 11.2 Å². The van der Waals surface area contributed by atoms with Crippen molar-refractivity contribution in [2.45, 2.75) is 37.4 Å². The predicted molar refractivity (Wildman–Crippen MR) is 139 cm³/mol. The van der Waals surface area contributed by atoms with Crippen LogP contribution in [0.5, 0.6) is 23.3 Å². The second-order valence-corrected chi connectivity index (χ2v) is 9.98. The fraction of sp³-hybridized carbons (Fsp3) is 0.267. The highest BCUT2D eigenvalue weighted by Crippen LogP contribution is 2.65. The maximum atomic E-state index is 11.6. The van der Waals surface area contributed by atoms with Crippen molar-refractivity contribution >= 4 is 17.1 Å². The zero-order chi connectivity index (χ0) is 26.7. The Morgan fingerprint density at radius 1 is 1.05 bits per heavy atom. The summed E-state index contributed by atoms with van der Waals surface area (Å²) in [6.07, 6.45) is 2.52. The van der Waals surface area contributed by atoms with Gasteiger partial charge in [-0.05, 0) is 50.1 Å². The number of aromatic nitrogens is 1. The Hall–Kier alpha value is -4.48. The summed E-state index contributed by atoms with van der Waals surface area (Å²) in [6, 6.07) is 18.1. The molecule has 4 aromatic rings. The van der Waals surface area contributed by atoms with Crippen molar-refractivity contribution in [1.29, 1.82) is 5.26 Å². The van der Waals surface area contributed by atoms with Crippen LogP contribution in [0.4, 0.5) is 0 Å². The number of aromatic hydroxyl groups is 2. The van der Waals surface area contributed by atoms with Crippen molar-refractivity contribution in [3.63, 3.8) is 0 Å².